The molecule has 1 saturated carbocycles. The topological polar surface area (TPSA) is 94.0 Å². The van der Waals surface area contributed by atoms with Gasteiger partial charge in [-0.25, -0.2) is 0 Å². The standard InChI is InChI=1S/C23H26N4O2/c1-16-12-18(23(29)27-19-7-3-2-4-8-19)10-11-21(16)25-15-22(28)26-20-9-5-6-17(13-20)14-24/h5-6,9-13,19,25H,2-4,7-8,15H2,1H3,(H,26,28)(H,27,29). The number of hydrogen-bond acceptors (Lipinski definition) is 4. The fourth-order valence-electron chi connectivity index (χ4n) is 3.57. The first-order valence-corrected chi connectivity index (χ1v) is 10.0. The van der Waals surface area contributed by atoms with E-state index < -0.39 is 0 Å². The highest BCUT2D eigenvalue weighted by molar-refractivity contribution is 5.96. The second-order valence-corrected chi connectivity index (χ2v) is 7.43. The van der Waals surface area contributed by atoms with Gasteiger partial charge in [0.1, 0.15) is 0 Å². The number of aryl methyl sites for hydroxylation is 1. The van der Waals surface area contributed by atoms with Crippen LogP contribution >= 0.6 is 0 Å². The summed E-state index contributed by atoms with van der Waals surface area (Å²) in [5.74, 6) is -0.250. The SMILES string of the molecule is Cc1cc(C(=O)NC2CCCCC2)ccc1NCC(=O)Nc1cccc(C#N)c1. The molecule has 29 heavy (non-hydrogen) atoms. The van der Waals surface area contributed by atoms with E-state index >= 15 is 0 Å². The summed E-state index contributed by atoms with van der Waals surface area (Å²) in [6, 6.07) is 14.5. The van der Waals surface area contributed by atoms with Gasteiger partial charge in [0.25, 0.3) is 5.91 Å². The molecule has 3 rings (SSSR count). The van der Waals surface area contributed by atoms with E-state index in [4.69, 9.17) is 5.26 Å². The number of benzene rings is 2. The molecule has 6 heteroatoms. The minimum atomic E-state index is -0.210. The molecule has 1 fully saturated rings. The van der Waals surface area contributed by atoms with Crippen LogP contribution in [0.25, 0.3) is 0 Å². The molecule has 2 aromatic rings. The third-order valence-corrected chi connectivity index (χ3v) is 5.14. The van der Waals surface area contributed by atoms with Gasteiger partial charge in [0.05, 0.1) is 18.2 Å². The number of carbonyl (C=O) groups excluding carboxylic acids is 2. The molecule has 0 aliphatic heterocycles. The van der Waals surface area contributed by atoms with Crippen molar-refractivity contribution in [3.05, 3.63) is 59.2 Å². The number of anilines is 2. The van der Waals surface area contributed by atoms with Crippen LogP contribution in [0, 0.1) is 18.3 Å². The largest absolute Gasteiger partial charge is 0.376 e. The average molecular weight is 390 g/mol. The van der Waals surface area contributed by atoms with Crippen molar-refractivity contribution in [2.24, 2.45) is 0 Å². The average Bonchev–Trinajstić information content (AvgIpc) is 2.73. The molecule has 0 radical (unpaired) electrons. The molecule has 0 spiro atoms. The van der Waals surface area contributed by atoms with Gasteiger partial charge in [-0.3, -0.25) is 9.59 Å². The number of nitrogens with one attached hydrogen (secondary N) is 3. The zero-order valence-electron chi connectivity index (χ0n) is 16.6. The molecule has 0 unspecified atom stereocenters. The summed E-state index contributed by atoms with van der Waals surface area (Å²) >= 11 is 0. The minimum absolute atomic E-state index is 0.0401. The van der Waals surface area contributed by atoms with Gasteiger partial charge in [0, 0.05) is 23.0 Å². The molecule has 150 valence electrons. The lowest BCUT2D eigenvalue weighted by atomic mass is 9.95. The van der Waals surface area contributed by atoms with Crippen LogP contribution in [0.4, 0.5) is 11.4 Å². The smallest absolute Gasteiger partial charge is 0.251 e. The Morgan fingerprint density at radius 1 is 1.10 bits per heavy atom. The van der Waals surface area contributed by atoms with Crippen LogP contribution in [0.5, 0.6) is 0 Å². The van der Waals surface area contributed by atoms with Crippen molar-refractivity contribution in [2.75, 3.05) is 17.2 Å². The molecule has 3 N–H and O–H groups in total. The van der Waals surface area contributed by atoms with Gasteiger partial charge in [0.15, 0.2) is 0 Å². The fraction of sp³-hybridized carbons (Fsp3) is 0.348. The zero-order chi connectivity index (χ0) is 20.6. The third-order valence-electron chi connectivity index (χ3n) is 5.14. The molecular formula is C23H26N4O2. The summed E-state index contributed by atoms with van der Waals surface area (Å²) in [5, 5.41) is 17.9. The highest BCUT2D eigenvalue weighted by Gasteiger charge is 2.17. The molecule has 0 heterocycles. The number of nitrogens with zero attached hydrogens (tertiary/aromatic N) is 1. The van der Waals surface area contributed by atoms with Crippen molar-refractivity contribution in [3.63, 3.8) is 0 Å². The summed E-state index contributed by atoms with van der Waals surface area (Å²) < 4.78 is 0. The zero-order valence-corrected chi connectivity index (χ0v) is 16.6. The molecular weight excluding hydrogens is 364 g/mol. The van der Waals surface area contributed by atoms with E-state index in [0.717, 1.165) is 24.1 Å². The summed E-state index contributed by atoms with van der Waals surface area (Å²) in [7, 11) is 0. The predicted octanol–water partition coefficient (Wildman–Crippen LogP) is 3.98. The fourth-order valence-corrected chi connectivity index (χ4v) is 3.57. The lowest BCUT2D eigenvalue weighted by Gasteiger charge is -2.23. The second-order valence-electron chi connectivity index (χ2n) is 7.43. The predicted molar refractivity (Wildman–Crippen MR) is 114 cm³/mol. The molecule has 0 aromatic heterocycles. The van der Waals surface area contributed by atoms with Gasteiger partial charge in [0.2, 0.25) is 5.91 Å². The summed E-state index contributed by atoms with van der Waals surface area (Å²) in [5.41, 5.74) is 3.42. The quantitative estimate of drug-likeness (QED) is 0.695. The van der Waals surface area contributed by atoms with Gasteiger partial charge in [-0.05, 0) is 61.7 Å². The molecule has 6 nitrogen and oxygen atoms in total. The van der Waals surface area contributed by atoms with E-state index in [1.54, 1.807) is 30.3 Å². The first-order valence-electron chi connectivity index (χ1n) is 10.0. The van der Waals surface area contributed by atoms with E-state index in [-0.39, 0.29) is 24.4 Å². The van der Waals surface area contributed by atoms with E-state index in [2.05, 4.69) is 16.0 Å². The summed E-state index contributed by atoms with van der Waals surface area (Å²) in [4.78, 5) is 24.7. The first-order chi connectivity index (χ1) is 14.0. The normalized spacial score (nSPS) is 13.9. The number of rotatable bonds is 6. The Balaban J connectivity index is 1.53. The Hall–Kier alpha value is -3.33. The minimum Gasteiger partial charge on any atom is -0.376 e. The number of hydrogen-bond donors (Lipinski definition) is 3. The molecule has 0 saturated heterocycles. The van der Waals surface area contributed by atoms with Crippen LogP contribution in [0.2, 0.25) is 0 Å². The number of nitriles is 1. The van der Waals surface area contributed by atoms with E-state index in [1.807, 2.05) is 25.1 Å². The second kappa shape index (κ2) is 9.74. The van der Waals surface area contributed by atoms with Crippen molar-refractivity contribution >= 4 is 23.2 Å². The van der Waals surface area contributed by atoms with Crippen LogP contribution in [0.15, 0.2) is 42.5 Å². The Morgan fingerprint density at radius 2 is 1.90 bits per heavy atom. The van der Waals surface area contributed by atoms with Crippen molar-refractivity contribution < 1.29 is 9.59 Å². The van der Waals surface area contributed by atoms with E-state index in [9.17, 15) is 9.59 Å². The van der Waals surface area contributed by atoms with Gasteiger partial charge >= 0.3 is 0 Å². The molecule has 2 aromatic carbocycles. The van der Waals surface area contributed by atoms with Crippen molar-refractivity contribution in [2.45, 2.75) is 45.1 Å². The monoisotopic (exact) mass is 390 g/mol. The Morgan fingerprint density at radius 3 is 2.62 bits per heavy atom. The molecule has 2 amide bonds. The van der Waals surface area contributed by atoms with Crippen LogP contribution in [0.1, 0.15) is 53.6 Å². The van der Waals surface area contributed by atoms with Crippen LogP contribution in [-0.2, 0) is 4.79 Å². The van der Waals surface area contributed by atoms with Crippen molar-refractivity contribution in [1.29, 1.82) is 5.26 Å². The maximum Gasteiger partial charge on any atom is 0.251 e. The first kappa shape index (κ1) is 20.4. The maximum atomic E-state index is 12.5. The van der Waals surface area contributed by atoms with Crippen LogP contribution in [-0.4, -0.2) is 24.4 Å². The maximum absolute atomic E-state index is 12.5. The Kier molecular flexibility index (Phi) is 6.85. The van der Waals surface area contributed by atoms with Gasteiger partial charge in [-0.1, -0.05) is 25.3 Å². The van der Waals surface area contributed by atoms with Gasteiger partial charge in [-0.2, -0.15) is 5.26 Å². The van der Waals surface area contributed by atoms with Gasteiger partial charge < -0.3 is 16.0 Å². The lowest BCUT2D eigenvalue weighted by molar-refractivity contribution is -0.114. The Bertz CT molecular complexity index is 927. The lowest BCUT2D eigenvalue weighted by Crippen LogP contribution is -2.36. The van der Waals surface area contributed by atoms with Crippen LogP contribution < -0.4 is 16.0 Å². The Labute approximate surface area is 171 Å². The highest BCUT2D eigenvalue weighted by atomic mass is 16.2. The van der Waals surface area contributed by atoms with E-state index in [0.29, 0.717) is 16.8 Å². The highest BCUT2D eigenvalue weighted by Crippen LogP contribution is 2.20. The number of carbonyl (C=O) groups is 2. The number of amides is 2. The van der Waals surface area contributed by atoms with Gasteiger partial charge in [-0.15, -0.1) is 0 Å². The molecule has 0 atom stereocenters. The summed E-state index contributed by atoms with van der Waals surface area (Å²) in [6.45, 7) is 2.00. The third kappa shape index (κ3) is 5.82. The molecule has 1 aliphatic carbocycles. The van der Waals surface area contributed by atoms with Crippen molar-refractivity contribution in [1.82, 2.24) is 5.32 Å². The van der Waals surface area contributed by atoms with Crippen molar-refractivity contribution in [3.8, 4) is 6.07 Å². The van der Waals surface area contributed by atoms with Crippen LogP contribution in [0.3, 0.4) is 0 Å². The summed E-state index contributed by atoms with van der Waals surface area (Å²) in [6.07, 6.45) is 5.71. The van der Waals surface area contributed by atoms with E-state index in [1.165, 1.54) is 19.3 Å². The molecule has 0 bridgehead atoms. The molecule has 1 aliphatic rings.